The number of rotatable bonds is 8. The standard InChI is InChI=1S/C23H33N5O2/c1-18-11-16-30-21(18)22(29)25-12-6-13-26-23(24-2)27-20-9-14-28(15-10-20)17-19-7-4-3-5-8-19/h3-5,7-8,11,16,20H,6,9-10,12-15,17H2,1-2H3,(H,25,29)(H2,24,26,27). The molecule has 2 heterocycles. The van der Waals surface area contributed by atoms with E-state index >= 15 is 0 Å². The number of piperidine rings is 1. The second kappa shape index (κ2) is 11.4. The Morgan fingerprint density at radius 1 is 1.13 bits per heavy atom. The van der Waals surface area contributed by atoms with E-state index in [1.165, 1.54) is 11.8 Å². The van der Waals surface area contributed by atoms with Gasteiger partial charge in [-0.2, -0.15) is 0 Å². The molecule has 1 amide bonds. The number of nitrogens with zero attached hydrogens (tertiary/aromatic N) is 2. The van der Waals surface area contributed by atoms with Crippen molar-refractivity contribution in [1.82, 2.24) is 20.9 Å². The molecule has 0 saturated carbocycles. The second-order valence-electron chi connectivity index (χ2n) is 7.72. The molecule has 3 N–H and O–H groups in total. The average Bonchev–Trinajstić information content (AvgIpc) is 3.20. The van der Waals surface area contributed by atoms with Crippen molar-refractivity contribution in [3.8, 4) is 0 Å². The number of nitrogens with one attached hydrogen (secondary N) is 3. The van der Waals surface area contributed by atoms with Crippen LogP contribution in [0.3, 0.4) is 0 Å². The summed E-state index contributed by atoms with van der Waals surface area (Å²) < 4.78 is 5.20. The first-order valence-electron chi connectivity index (χ1n) is 10.7. The van der Waals surface area contributed by atoms with Gasteiger partial charge in [-0.3, -0.25) is 14.7 Å². The Bertz CT molecular complexity index is 810. The number of benzene rings is 1. The molecule has 1 aliphatic rings. The lowest BCUT2D eigenvalue weighted by molar-refractivity contribution is 0.0925. The van der Waals surface area contributed by atoms with Gasteiger partial charge in [0.25, 0.3) is 5.91 Å². The Kier molecular flexibility index (Phi) is 8.32. The Labute approximate surface area is 178 Å². The van der Waals surface area contributed by atoms with Crippen molar-refractivity contribution < 1.29 is 9.21 Å². The molecular weight excluding hydrogens is 378 g/mol. The van der Waals surface area contributed by atoms with Gasteiger partial charge >= 0.3 is 0 Å². The minimum atomic E-state index is -0.165. The monoisotopic (exact) mass is 411 g/mol. The quantitative estimate of drug-likeness (QED) is 0.353. The molecule has 0 atom stereocenters. The van der Waals surface area contributed by atoms with Crippen LogP contribution < -0.4 is 16.0 Å². The highest BCUT2D eigenvalue weighted by Gasteiger charge is 2.20. The number of carbonyl (C=O) groups is 1. The number of aliphatic imine (C=N–C) groups is 1. The van der Waals surface area contributed by atoms with E-state index in [0.717, 1.165) is 57.0 Å². The number of guanidine groups is 1. The van der Waals surface area contributed by atoms with Gasteiger partial charge in [0, 0.05) is 51.4 Å². The SMILES string of the molecule is CN=C(NCCCNC(=O)c1occc1C)NC1CCN(Cc2ccccc2)CC1. The first kappa shape index (κ1) is 21.9. The van der Waals surface area contributed by atoms with E-state index in [9.17, 15) is 4.79 Å². The van der Waals surface area contributed by atoms with Crippen molar-refractivity contribution in [3.63, 3.8) is 0 Å². The lowest BCUT2D eigenvalue weighted by Gasteiger charge is -2.33. The molecule has 1 aliphatic heterocycles. The lowest BCUT2D eigenvalue weighted by atomic mass is 10.0. The van der Waals surface area contributed by atoms with Crippen molar-refractivity contribution >= 4 is 11.9 Å². The topological polar surface area (TPSA) is 81.9 Å². The van der Waals surface area contributed by atoms with E-state index in [1.54, 1.807) is 13.1 Å². The molecule has 1 aromatic heterocycles. The Morgan fingerprint density at radius 2 is 1.87 bits per heavy atom. The number of hydrogen-bond acceptors (Lipinski definition) is 4. The third-order valence-corrected chi connectivity index (χ3v) is 5.40. The van der Waals surface area contributed by atoms with Gasteiger partial charge in [-0.1, -0.05) is 30.3 Å². The zero-order chi connectivity index (χ0) is 21.2. The highest BCUT2D eigenvalue weighted by Crippen LogP contribution is 2.13. The van der Waals surface area contributed by atoms with Crippen LogP contribution in [0.1, 0.15) is 40.9 Å². The highest BCUT2D eigenvalue weighted by molar-refractivity contribution is 5.92. The molecule has 7 nitrogen and oxygen atoms in total. The average molecular weight is 412 g/mol. The summed E-state index contributed by atoms with van der Waals surface area (Å²) in [7, 11) is 1.79. The smallest absolute Gasteiger partial charge is 0.287 e. The molecule has 1 fully saturated rings. The van der Waals surface area contributed by atoms with E-state index in [2.05, 4.69) is 56.2 Å². The number of likely N-dealkylation sites (tertiary alicyclic amines) is 1. The molecule has 2 aromatic rings. The van der Waals surface area contributed by atoms with Gasteiger partial charge < -0.3 is 20.4 Å². The van der Waals surface area contributed by atoms with Crippen molar-refractivity contribution in [2.75, 3.05) is 33.2 Å². The maximum atomic E-state index is 12.0. The first-order chi connectivity index (χ1) is 14.7. The number of furan rings is 1. The molecule has 0 spiro atoms. The summed E-state index contributed by atoms with van der Waals surface area (Å²) in [5.41, 5.74) is 2.22. The third-order valence-electron chi connectivity index (χ3n) is 5.40. The molecule has 7 heteroatoms. The Hall–Kier alpha value is -2.80. The largest absolute Gasteiger partial charge is 0.459 e. The molecule has 1 aromatic carbocycles. The van der Waals surface area contributed by atoms with E-state index in [4.69, 9.17) is 4.42 Å². The fourth-order valence-corrected chi connectivity index (χ4v) is 3.65. The van der Waals surface area contributed by atoms with E-state index < -0.39 is 0 Å². The van der Waals surface area contributed by atoms with Gasteiger partial charge in [0.15, 0.2) is 11.7 Å². The molecule has 3 rings (SSSR count). The van der Waals surface area contributed by atoms with Gasteiger partial charge in [0.2, 0.25) is 0 Å². The maximum Gasteiger partial charge on any atom is 0.287 e. The van der Waals surface area contributed by atoms with Gasteiger partial charge in [0.05, 0.1) is 6.26 Å². The summed E-state index contributed by atoms with van der Waals surface area (Å²) in [6.07, 6.45) is 4.55. The number of hydrogen-bond donors (Lipinski definition) is 3. The fourth-order valence-electron chi connectivity index (χ4n) is 3.65. The van der Waals surface area contributed by atoms with Crippen LogP contribution in [0.2, 0.25) is 0 Å². The zero-order valence-corrected chi connectivity index (χ0v) is 18.0. The summed E-state index contributed by atoms with van der Waals surface area (Å²) in [6, 6.07) is 12.9. The van der Waals surface area contributed by atoms with Crippen LogP contribution in [-0.4, -0.2) is 56.0 Å². The van der Waals surface area contributed by atoms with Crippen LogP contribution in [0.5, 0.6) is 0 Å². The maximum absolute atomic E-state index is 12.0. The molecule has 162 valence electrons. The number of carbonyl (C=O) groups excluding carboxylic acids is 1. The molecule has 1 saturated heterocycles. The first-order valence-corrected chi connectivity index (χ1v) is 10.7. The fraction of sp³-hybridized carbons (Fsp3) is 0.478. The Morgan fingerprint density at radius 3 is 2.53 bits per heavy atom. The minimum Gasteiger partial charge on any atom is -0.459 e. The van der Waals surface area contributed by atoms with Gasteiger partial charge in [-0.25, -0.2) is 0 Å². The summed E-state index contributed by atoms with van der Waals surface area (Å²) in [4.78, 5) is 18.9. The minimum absolute atomic E-state index is 0.165. The predicted octanol–water partition coefficient (Wildman–Crippen LogP) is 2.54. The van der Waals surface area contributed by atoms with Crippen LogP contribution in [0.15, 0.2) is 52.1 Å². The summed E-state index contributed by atoms with van der Waals surface area (Å²) in [5, 5.41) is 9.75. The third kappa shape index (κ3) is 6.62. The van der Waals surface area contributed by atoms with Gasteiger partial charge in [-0.05, 0) is 37.8 Å². The van der Waals surface area contributed by atoms with Crippen molar-refractivity contribution in [3.05, 3.63) is 59.5 Å². The van der Waals surface area contributed by atoms with E-state index in [1.807, 2.05) is 6.92 Å². The number of aryl methyl sites for hydroxylation is 1. The van der Waals surface area contributed by atoms with Crippen LogP contribution in [0.4, 0.5) is 0 Å². The zero-order valence-electron chi connectivity index (χ0n) is 18.0. The molecule has 0 aliphatic carbocycles. The number of amides is 1. The van der Waals surface area contributed by atoms with Crippen LogP contribution in [0, 0.1) is 6.92 Å². The molecule has 30 heavy (non-hydrogen) atoms. The molecule has 0 radical (unpaired) electrons. The van der Waals surface area contributed by atoms with Gasteiger partial charge in [-0.15, -0.1) is 0 Å². The summed E-state index contributed by atoms with van der Waals surface area (Å²) in [6.45, 7) is 6.37. The van der Waals surface area contributed by atoms with Gasteiger partial charge in [0.1, 0.15) is 0 Å². The predicted molar refractivity (Wildman–Crippen MR) is 120 cm³/mol. The molecule has 0 unspecified atom stereocenters. The van der Waals surface area contributed by atoms with Crippen molar-refractivity contribution in [2.24, 2.45) is 4.99 Å². The van der Waals surface area contributed by atoms with Crippen molar-refractivity contribution in [1.29, 1.82) is 0 Å². The van der Waals surface area contributed by atoms with Crippen LogP contribution in [0.25, 0.3) is 0 Å². The van der Waals surface area contributed by atoms with E-state index in [-0.39, 0.29) is 5.91 Å². The normalized spacial score (nSPS) is 15.7. The second-order valence-corrected chi connectivity index (χ2v) is 7.72. The molecular formula is C23H33N5O2. The lowest BCUT2D eigenvalue weighted by Crippen LogP contribution is -2.48. The van der Waals surface area contributed by atoms with Crippen molar-refractivity contribution in [2.45, 2.75) is 38.8 Å². The Balaban J connectivity index is 1.29. The molecule has 0 bridgehead atoms. The van der Waals surface area contributed by atoms with Crippen LogP contribution in [-0.2, 0) is 6.54 Å². The highest BCUT2D eigenvalue weighted by atomic mass is 16.3. The van der Waals surface area contributed by atoms with E-state index in [0.29, 0.717) is 18.3 Å². The van der Waals surface area contributed by atoms with Crippen LogP contribution >= 0.6 is 0 Å². The summed E-state index contributed by atoms with van der Waals surface area (Å²) >= 11 is 0. The summed E-state index contributed by atoms with van der Waals surface area (Å²) in [5.74, 6) is 1.05.